The van der Waals surface area contributed by atoms with Crippen LogP contribution in [0.1, 0.15) is 49.5 Å². The first kappa shape index (κ1) is 15.5. The number of aryl methyl sites for hydroxylation is 1. The van der Waals surface area contributed by atoms with E-state index < -0.39 is 11.9 Å². The molecule has 0 aromatic heterocycles. The van der Waals surface area contributed by atoms with Crippen molar-refractivity contribution in [1.82, 2.24) is 0 Å². The molecule has 0 fully saturated rings. The van der Waals surface area contributed by atoms with Gasteiger partial charge < -0.3 is 9.84 Å². The predicted octanol–water partition coefficient (Wildman–Crippen LogP) is 5.10. The van der Waals surface area contributed by atoms with Crippen molar-refractivity contribution in [3.05, 3.63) is 58.9 Å². The molecular weight excluding hydrogens is 267 g/mol. The first-order valence-electron chi connectivity index (χ1n) is 7.14. The van der Waals surface area contributed by atoms with Crippen LogP contribution in [-0.4, -0.2) is 5.11 Å². The molecule has 0 aliphatic carbocycles. The van der Waals surface area contributed by atoms with Gasteiger partial charge >= 0.3 is 0 Å². The summed E-state index contributed by atoms with van der Waals surface area (Å²) in [4.78, 5) is 0. The molecule has 2 nitrogen and oxygen atoms in total. The van der Waals surface area contributed by atoms with Gasteiger partial charge in [0.25, 0.3) is 0 Å². The van der Waals surface area contributed by atoms with Gasteiger partial charge in [0.05, 0.1) is 6.10 Å². The SMILES string of the molecule is Cc1ccc(C(C)C)cc1Oc1ccc([C@H](C)O)cc1F. The number of benzene rings is 2. The second-order valence-corrected chi connectivity index (χ2v) is 5.65. The first-order valence-corrected chi connectivity index (χ1v) is 7.14. The largest absolute Gasteiger partial charge is 0.454 e. The van der Waals surface area contributed by atoms with Crippen LogP contribution < -0.4 is 4.74 Å². The van der Waals surface area contributed by atoms with Crippen molar-refractivity contribution >= 4 is 0 Å². The molecule has 3 heteroatoms. The molecule has 0 amide bonds. The topological polar surface area (TPSA) is 29.5 Å². The molecule has 0 bridgehead atoms. The van der Waals surface area contributed by atoms with Gasteiger partial charge in [-0.3, -0.25) is 0 Å². The van der Waals surface area contributed by atoms with E-state index in [4.69, 9.17) is 4.74 Å². The van der Waals surface area contributed by atoms with Gasteiger partial charge in [0.2, 0.25) is 0 Å². The molecule has 1 N–H and O–H groups in total. The first-order chi connectivity index (χ1) is 9.88. The van der Waals surface area contributed by atoms with Gasteiger partial charge in [0.1, 0.15) is 5.75 Å². The van der Waals surface area contributed by atoms with Crippen LogP contribution in [0.15, 0.2) is 36.4 Å². The number of rotatable bonds is 4. The third-order valence-corrected chi connectivity index (χ3v) is 3.54. The molecule has 0 unspecified atom stereocenters. The molecule has 0 aliphatic rings. The molecule has 2 aromatic carbocycles. The monoisotopic (exact) mass is 288 g/mol. The van der Waals surface area contributed by atoms with Crippen molar-refractivity contribution < 1.29 is 14.2 Å². The highest BCUT2D eigenvalue weighted by Gasteiger charge is 2.11. The van der Waals surface area contributed by atoms with Crippen LogP contribution in [0.25, 0.3) is 0 Å². The lowest BCUT2D eigenvalue weighted by Crippen LogP contribution is -1.96. The van der Waals surface area contributed by atoms with Gasteiger partial charge in [-0.05, 0) is 54.7 Å². The molecule has 0 spiro atoms. The van der Waals surface area contributed by atoms with Crippen LogP contribution >= 0.6 is 0 Å². The number of aliphatic hydroxyl groups is 1. The highest BCUT2D eigenvalue weighted by molar-refractivity contribution is 5.42. The Morgan fingerprint density at radius 3 is 2.19 bits per heavy atom. The molecule has 0 heterocycles. The maximum atomic E-state index is 14.1. The van der Waals surface area contributed by atoms with Gasteiger partial charge in [0.15, 0.2) is 11.6 Å². The average molecular weight is 288 g/mol. The normalized spacial score (nSPS) is 12.5. The molecule has 0 saturated heterocycles. The van der Waals surface area contributed by atoms with Crippen molar-refractivity contribution in [2.45, 2.75) is 39.7 Å². The zero-order valence-electron chi connectivity index (χ0n) is 12.9. The number of halogens is 1. The molecule has 1 atom stereocenters. The van der Waals surface area contributed by atoms with Crippen LogP contribution in [0.4, 0.5) is 4.39 Å². The van der Waals surface area contributed by atoms with Crippen LogP contribution in [-0.2, 0) is 0 Å². The number of aliphatic hydroxyl groups excluding tert-OH is 1. The van der Waals surface area contributed by atoms with Gasteiger partial charge in [-0.15, -0.1) is 0 Å². The second kappa shape index (κ2) is 6.27. The lowest BCUT2D eigenvalue weighted by Gasteiger charge is -2.14. The van der Waals surface area contributed by atoms with Gasteiger partial charge in [0, 0.05) is 0 Å². The molecule has 2 aromatic rings. The summed E-state index contributed by atoms with van der Waals surface area (Å²) in [6, 6.07) is 10.5. The molecule has 21 heavy (non-hydrogen) atoms. The molecule has 2 rings (SSSR count). The standard InChI is InChI=1S/C18H21FO2/c1-11(2)14-6-5-12(3)18(10-14)21-17-8-7-15(13(4)20)9-16(17)19/h5-11,13,20H,1-4H3/t13-/m0/s1. The Balaban J connectivity index is 2.32. The van der Waals surface area contributed by atoms with E-state index >= 15 is 0 Å². The van der Waals surface area contributed by atoms with Gasteiger partial charge in [-0.25, -0.2) is 4.39 Å². The lowest BCUT2D eigenvalue weighted by atomic mass is 10.0. The average Bonchev–Trinajstić information content (AvgIpc) is 2.42. The Bertz CT molecular complexity index is 633. The van der Waals surface area contributed by atoms with Crippen LogP contribution in [0.2, 0.25) is 0 Å². The summed E-state index contributed by atoms with van der Waals surface area (Å²) in [6.45, 7) is 7.74. The Morgan fingerprint density at radius 2 is 1.62 bits per heavy atom. The number of ether oxygens (including phenoxy) is 1. The molecular formula is C18H21FO2. The van der Waals surface area contributed by atoms with E-state index in [1.165, 1.54) is 6.07 Å². The Morgan fingerprint density at radius 1 is 0.952 bits per heavy atom. The smallest absolute Gasteiger partial charge is 0.166 e. The zero-order chi connectivity index (χ0) is 15.6. The van der Waals surface area contributed by atoms with E-state index in [2.05, 4.69) is 19.9 Å². The fourth-order valence-corrected chi connectivity index (χ4v) is 2.06. The van der Waals surface area contributed by atoms with Crippen LogP contribution in [0.5, 0.6) is 11.5 Å². The van der Waals surface area contributed by atoms with Gasteiger partial charge in [-0.1, -0.05) is 32.0 Å². The number of hydrogen-bond acceptors (Lipinski definition) is 2. The summed E-state index contributed by atoms with van der Waals surface area (Å²) in [5.41, 5.74) is 2.64. The minimum Gasteiger partial charge on any atom is -0.454 e. The molecule has 0 radical (unpaired) electrons. The van der Waals surface area contributed by atoms with E-state index in [9.17, 15) is 9.50 Å². The van der Waals surface area contributed by atoms with E-state index in [1.807, 2.05) is 19.1 Å². The van der Waals surface area contributed by atoms with Crippen molar-refractivity contribution in [3.8, 4) is 11.5 Å². The van der Waals surface area contributed by atoms with Gasteiger partial charge in [-0.2, -0.15) is 0 Å². The fourth-order valence-electron chi connectivity index (χ4n) is 2.06. The molecule has 0 aliphatic heterocycles. The van der Waals surface area contributed by atoms with Crippen LogP contribution in [0, 0.1) is 12.7 Å². The van der Waals surface area contributed by atoms with Crippen molar-refractivity contribution in [1.29, 1.82) is 0 Å². The summed E-state index contributed by atoms with van der Waals surface area (Å²) in [5.74, 6) is 0.742. The Labute approximate surface area is 125 Å². The van der Waals surface area contributed by atoms with Crippen LogP contribution in [0.3, 0.4) is 0 Å². The summed E-state index contributed by atoms with van der Waals surface area (Å²) in [5, 5.41) is 9.46. The molecule has 112 valence electrons. The Hall–Kier alpha value is -1.87. The van der Waals surface area contributed by atoms with E-state index in [0.29, 0.717) is 17.2 Å². The maximum Gasteiger partial charge on any atom is 0.166 e. The highest BCUT2D eigenvalue weighted by Crippen LogP contribution is 2.31. The lowest BCUT2D eigenvalue weighted by molar-refractivity contribution is 0.198. The summed E-state index contributed by atoms with van der Waals surface area (Å²) in [6.07, 6.45) is -0.695. The van der Waals surface area contributed by atoms with Crippen molar-refractivity contribution in [2.75, 3.05) is 0 Å². The minimum atomic E-state index is -0.695. The molecule has 0 saturated carbocycles. The summed E-state index contributed by atoms with van der Waals surface area (Å²) < 4.78 is 19.8. The second-order valence-electron chi connectivity index (χ2n) is 5.65. The van der Waals surface area contributed by atoms with Crippen molar-refractivity contribution in [3.63, 3.8) is 0 Å². The van der Waals surface area contributed by atoms with Crippen molar-refractivity contribution in [2.24, 2.45) is 0 Å². The number of hydrogen-bond donors (Lipinski definition) is 1. The Kier molecular flexibility index (Phi) is 4.63. The predicted molar refractivity (Wildman–Crippen MR) is 82.4 cm³/mol. The maximum absolute atomic E-state index is 14.1. The quantitative estimate of drug-likeness (QED) is 0.847. The van der Waals surface area contributed by atoms with E-state index in [0.717, 1.165) is 11.1 Å². The van der Waals surface area contributed by atoms with E-state index in [-0.39, 0.29) is 5.75 Å². The third kappa shape index (κ3) is 3.61. The highest BCUT2D eigenvalue weighted by atomic mass is 19.1. The summed E-state index contributed by atoms with van der Waals surface area (Å²) in [7, 11) is 0. The zero-order valence-corrected chi connectivity index (χ0v) is 12.9. The minimum absolute atomic E-state index is 0.170. The fraction of sp³-hybridized carbons (Fsp3) is 0.333. The van der Waals surface area contributed by atoms with E-state index in [1.54, 1.807) is 19.1 Å². The third-order valence-electron chi connectivity index (χ3n) is 3.54. The summed E-state index contributed by atoms with van der Waals surface area (Å²) >= 11 is 0.